The molecule has 0 aliphatic heterocycles. The average Bonchev–Trinajstić information content (AvgIpc) is 3.41. The van der Waals surface area contributed by atoms with Crippen LogP contribution in [0.5, 0.6) is 5.75 Å². The molecule has 0 bridgehead atoms. The molecule has 0 aliphatic rings. The van der Waals surface area contributed by atoms with Crippen molar-refractivity contribution < 1.29 is 37.0 Å². The van der Waals surface area contributed by atoms with Crippen molar-refractivity contribution in [2.45, 2.75) is 32.1 Å². The molecule has 4 aromatic rings. The Morgan fingerprint density at radius 3 is 2.47 bits per heavy atom. The van der Waals surface area contributed by atoms with Crippen molar-refractivity contribution in [1.82, 2.24) is 19.4 Å². The molecule has 1 atom stereocenters. The second-order valence-corrected chi connectivity index (χ2v) is 11.0. The van der Waals surface area contributed by atoms with E-state index in [2.05, 4.69) is 10.3 Å². The lowest BCUT2D eigenvalue weighted by molar-refractivity contribution is -0.125. The van der Waals surface area contributed by atoms with E-state index in [-0.39, 0.29) is 48.9 Å². The number of amides is 3. The third kappa shape index (κ3) is 9.02. The van der Waals surface area contributed by atoms with E-state index in [0.29, 0.717) is 16.6 Å². The van der Waals surface area contributed by atoms with Crippen LogP contribution in [0.2, 0.25) is 0 Å². The number of likely N-dealkylation sites (N-methyl/N-ethyl adjacent to an activating group) is 1. The number of H-pyrrole nitrogens is 1. The van der Waals surface area contributed by atoms with E-state index < -0.39 is 41.1 Å². The first kappa shape index (κ1) is 34.3. The van der Waals surface area contributed by atoms with Gasteiger partial charge in [0.25, 0.3) is 11.5 Å². The normalized spacial score (nSPS) is 11.8. The third-order valence-electron chi connectivity index (χ3n) is 6.93. The van der Waals surface area contributed by atoms with Crippen LogP contribution in [-0.4, -0.2) is 71.6 Å². The van der Waals surface area contributed by atoms with Gasteiger partial charge in [-0.15, -0.1) is 0 Å². The zero-order chi connectivity index (χ0) is 34.2. The van der Waals surface area contributed by atoms with Crippen LogP contribution in [0.1, 0.15) is 24.1 Å². The zero-order valence-electron chi connectivity index (χ0n) is 26.2. The van der Waals surface area contributed by atoms with Crippen LogP contribution in [0.15, 0.2) is 71.7 Å². The predicted octanol–water partition coefficient (Wildman–Crippen LogP) is 4.80. The first-order valence-corrected chi connectivity index (χ1v) is 14.5. The number of hydrogen-bond acceptors (Lipinski definition) is 6. The summed E-state index contributed by atoms with van der Waals surface area (Å²) in [5.41, 5.74) is 0.326. The third-order valence-corrected chi connectivity index (χ3v) is 6.93. The number of allylic oxidation sites excluding steroid dienone is 1. The van der Waals surface area contributed by atoms with Crippen LogP contribution in [-0.2, 0) is 27.5 Å². The quantitative estimate of drug-likeness (QED) is 0.212. The largest absolute Gasteiger partial charge is 0.486 e. The van der Waals surface area contributed by atoms with Crippen LogP contribution in [0.25, 0.3) is 10.9 Å². The highest BCUT2D eigenvalue weighted by atomic mass is 19.1. The number of halogens is 3. The Hall–Kier alpha value is -5.53. The number of anilines is 1. The van der Waals surface area contributed by atoms with E-state index in [4.69, 9.17) is 9.47 Å². The molecule has 3 amide bonds. The Morgan fingerprint density at radius 1 is 1.00 bits per heavy atom. The molecule has 2 N–H and O–H groups in total. The molecular weight excluding hydrogens is 619 g/mol. The topological polar surface area (TPSA) is 126 Å². The minimum atomic E-state index is -1.26. The maximum absolute atomic E-state index is 14.4. The van der Waals surface area contributed by atoms with Crippen LogP contribution in [0, 0.1) is 17.5 Å². The van der Waals surface area contributed by atoms with E-state index in [1.165, 1.54) is 54.0 Å². The summed E-state index contributed by atoms with van der Waals surface area (Å²) >= 11 is 0. The maximum Gasteiger partial charge on any atom is 0.410 e. The smallest absolute Gasteiger partial charge is 0.410 e. The number of nitrogens with one attached hydrogen (secondary N) is 2. The Balaban J connectivity index is 1.50. The van der Waals surface area contributed by atoms with Crippen molar-refractivity contribution in [3.8, 4) is 5.75 Å². The number of ether oxygens (including phenoxy) is 2. The predicted molar refractivity (Wildman–Crippen MR) is 168 cm³/mol. The van der Waals surface area contributed by atoms with Gasteiger partial charge < -0.3 is 34.1 Å². The van der Waals surface area contributed by atoms with Gasteiger partial charge in [-0.25, -0.2) is 18.0 Å². The molecule has 4 rings (SSSR count). The van der Waals surface area contributed by atoms with E-state index in [9.17, 15) is 32.3 Å². The molecule has 2 aromatic heterocycles. The van der Waals surface area contributed by atoms with Gasteiger partial charge in [0, 0.05) is 63.2 Å². The minimum absolute atomic E-state index is 0.00534. The number of aromatic amines is 1. The lowest BCUT2D eigenvalue weighted by atomic mass is 10.1. The van der Waals surface area contributed by atoms with Crippen molar-refractivity contribution in [3.05, 3.63) is 106 Å². The van der Waals surface area contributed by atoms with E-state index in [0.717, 1.165) is 23.1 Å². The van der Waals surface area contributed by atoms with Gasteiger partial charge in [-0.3, -0.25) is 14.4 Å². The zero-order valence-corrected chi connectivity index (χ0v) is 26.2. The summed E-state index contributed by atoms with van der Waals surface area (Å²) < 4.78 is 54.1. The Kier molecular flexibility index (Phi) is 11.1. The van der Waals surface area contributed by atoms with Crippen molar-refractivity contribution in [3.63, 3.8) is 0 Å². The first-order valence-electron chi connectivity index (χ1n) is 14.5. The maximum atomic E-state index is 14.4. The fourth-order valence-electron chi connectivity index (χ4n) is 4.43. The van der Waals surface area contributed by atoms with Crippen molar-refractivity contribution in [1.29, 1.82) is 0 Å². The summed E-state index contributed by atoms with van der Waals surface area (Å²) in [4.78, 5) is 56.2. The van der Waals surface area contributed by atoms with Crippen LogP contribution >= 0.6 is 0 Å². The molecule has 0 aliphatic carbocycles. The monoisotopic (exact) mass is 653 g/mol. The number of aromatic nitrogens is 2. The molecule has 0 fully saturated rings. The van der Waals surface area contributed by atoms with Crippen molar-refractivity contribution >= 4 is 34.5 Å². The number of benzene rings is 2. The van der Waals surface area contributed by atoms with Gasteiger partial charge in [-0.1, -0.05) is 6.08 Å². The molecule has 47 heavy (non-hydrogen) atoms. The fraction of sp³-hybridized carbons (Fsp3) is 0.273. The van der Waals surface area contributed by atoms with Gasteiger partial charge in [-0.05, 0) is 55.3 Å². The number of hydrogen-bond donors (Lipinski definition) is 2. The second kappa shape index (κ2) is 15.2. The average molecular weight is 654 g/mol. The number of pyridine rings is 1. The number of rotatable bonds is 12. The Bertz CT molecular complexity index is 1870. The minimum Gasteiger partial charge on any atom is -0.486 e. The van der Waals surface area contributed by atoms with Crippen molar-refractivity contribution in [2.75, 3.05) is 33.5 Å². The molecule has 248 valence electrons. The van der Waals surface area contributed by atoms with Gasteiger partial charge >= 0.3 is 6.09 Å². The van der Waals surface area contributed by atoms with Crippen LogP contribution in [0.4, 0.5) is 23.7 Å². The molecule has 14 heteroatoms. The summed E-state index contributed by atoms with van der Waals surface area (Å²) in [7, 11) is 6.11. The fourth-order valence-corrected chi connectivity index (χ4v) is 4.43. The highest BCUT2D eigenvalue weighted by Gasteiger charge is 2.24. The number of fused-ring (bicyclic) bond motifs is 1. The van der Waals surface area contributed by atoms with Crippen molar-refractivity contribution in [2.24, 2.45) is 0 Å². The van der Waals surface area contributed by atoms with E-state index in [1.807, 2.05) is 0 Å². The number of nitrogens with zero attached hydrogens (tertiary/aromatic N) is 3. The van der Waals surface area contributed by atoms with Crippen LogP contribution < -0.4 is 15.6 Å². The van der Waals surface area contributed by atoms with Gasteiger partial charge in [0.15, 0.2) is 6.10 Å². The molecule has 2 aromatic carbocycles. The molecule has 0 saturated carbocycles. The second-order valence-electron chi connectivity index (χ2n) is 11.0. The summed E-state index contributed by atoms with van der Waals surface area (Å²) in [6.45, 7) is -0.288. The highest BCUT2D eigenvalue weighted by Crippen LogP contribution is 2.29. The molecule has 2 heterocycles. The summed E-state index contributed by atoms with van der Waals surface area (Å²) in [6.07, 6.45) is 2.67. The molecule has 0 spiro atoms. The molecule has 0 saturated heterocycles. The van der Waals surface area contributed by atoms with Gasteiger partial charge in [0.2, 0.25) is 5.91 Å². The lowest BCUT2D eigenvalue weighted by Gasteiger charge is -2.19. The van der Waals surface area contributed by atoms with E-state index in [1.54, 1.807) is 32.3 Å². The standard InChI is InChI=1S/C33H34F3N5O6/c1-39(2)29(42)10-6-5-9-27(47-33(45)40(3)4)31(43)38-26-8-7-13-41(32(26)44)18-24-15-21-14-23(35)17-28(30(21)37-24)46-19-20-11-12-22(34)16-25(20)36/h6-8,10-17,27,37H,5,9,18-19H2,1-4H3,(H,38,43). The van der Waals surface area contributed by atoms with Crippen LogP contribution in [0.3, 0.4) is 0 Å². The summed E-state index contributed by atoms with van der Waals surface area (Å²) in [5.74, 6) is -3.03. The lowest BCUT2D eigenvalue weighted by Crippen LogP contribution is -2.37. The van der Waals surface area contributed by atoms with Gasteiger partial charge in [-0.2, -0.15) is 0 Å². The summed E-state index contributed by atoms with van der Waals surface area (Å²) in [5, 5.41) is 2.96. The molecule has 0 radical (unpaired) electrons. The van der Waals surface area contributed by atoms with E-state index >= 15 is 0 Å². The summed E-state index contributed by atoms with van der Waals surface area (Å²) in [6, 6.07) is 10.0. The number of carbonyl (C=O) groups is 3. The Morgan fingerprint density at radius 2 is 1.77 bits per heavy atom. The van der Waals surface area contributed by atoms with Gasteiger partial charge in [0.05, 0.1) is 12.1 Å². The van der Waals surface area contributed by atoms with Gasteiger partial charge in [0.1, 0.15) is 35.5 Å². The first-order chi connectivity index (χ1) is 22.3. The highest BCUT2D eigenvalue weighted by molar-refractivity contribution is 5.95. The number of carbonyl (C=O) groups excluding carboxylic acids is 3. The molecule has 11 nitrogen and oxygen atoms in total. The molecule has 1 unspecified atom stereocenters. The Labute approximate surface area is 268 Å². The molecular formula is C33H34F3N5O6. The SMILES string of the molecule is CN(C)C(=O)C=CCCC(OC(=O)N(C)C)C(=O)Nc1cccn(Cc2cc3cc(F)cc(OCc4ccc(F)cc4F)c3[nH]2)c1=O.